The van der Waals surface area contributed by atoms with Crippen LogP contribution in [0.2, 0.25) is 0 Å². The van der Waals surface area contributed by atoms with Crippen LogP contribution in [-0.4, -0.2) is 12.6 Å². The molecule has 0 aliphatic carbocycles. The lowest BCUT2D eigenvalue weighted by molar-refractivity contribution is 0.487. The molecule has 0 saturated carbocycles. The first kappa shape index (κ1) is 6.39. The summed E-state index contributed by atoms with van der Waals surface area (Å²) >= 11 is 1.61. The Labute approximate surface area is 54.7 Å². The highest BCUT2D eigenvalue weighted by molar-refractivity contribution is 7.95. The van der Waals surface area contributed by atoms with Gasteiger partial charge in [-0.1, -0.05) is 13.8 Å². The van der Waals surface area contributed by atoms with E-state index in [9.17, 15) is 0 Å². The molecule has 1 atom stereocenters. The molecule has 8 heavy (non-hydrogen) atoms. The van der Waals surface area contributed by atoms with Crippen molar-refractivity contribution in [3.05, 3.63) is 0 Å². The number of rotatable bonds is 1. The van der Waals surface area contributed by atoms with Gasteiger partial charge >= 0.3 is 0 Å². The molecule has 2 nitrogen and oxygen atoms in total. The molecule has 1 unspecified atom stereocenters. The molecule has 0 radical (unpaired) electrons. The van der Waals surface area contributed by atoms with Gasteiger partial charge in [0.2, 0.25) is 0 Å². The second-order valence-corrected chi connectivity index (χ2v) is 3.15. The van der Waals surface area contributed by atoms with Crippen LogP contribution in [0, 0.1) is 5.92 Å². The summed E-state index contributed by atoms with van der Waals surface area (Å²) in [6.07, 6.45) is 0. The highest BCUT2D eigenvalue weighted by Crippen LogP contribution is 2.09. The van der Waals surface area contributed by atoms with E-state index in [2.05, 4.69) is 23.3 Å². The summed E-state index contributed by atoms with van der Waals surface area (Å²) in [6.45, 7) is 5.55. The molecule has 0 spiro atoms. The zero-order chi connectivity index (χ0) is 5.98. The van der Waals surface area contributed by atoms with E-state index < -0.39 is 0 Å². The van der Waals surface area contributed by atoms with Crippen LogP contribution in [-0.2, 0) is 0 Å². The van der Waals surface area contributed by atoms with Crippen LogP contribution in [0.4, 0.5) is 0 Å². The minimum absolute atomic E-state index is 0.667. The Morgan fingerprint density at radius 3 is 2.62 bits per heavy atom. The van der Waals surface area contributed by atoms with Gasteiger partial charge in [0, 0.05) is 24.7 Å². The third-order valence-corrected chi connectivity index (χ3v) is 2.12. The summed E-state index contributed by atoms with van der Waals surface area (Å²) in [6, 6.07) is 0.667. The van der Waals surface area contributed by atoms with Crippen molar-refractivity contribution < 1.29 is 0 Å². The smallest absolute Gasteiger partial charge is 0.0341 e. The zero-order valence-corrected chi connectivity index (χ0v) is 6.09. The van der Waals surface area contributed by atoms with E-state index in [1.54, 1.807) is 12.1 Å². The van der Waals surface area contributed by atoms with Gasteiger partial charge in [0.15, 0.2) is 0 Å². The van der Waals surface area contributed by atoms with Crippen LogP contribution >= 0.6 is 12.1 Å². The van der Waals surface area contributed by atoms with Gasteiger partial charge in [0.05, 0.1) is 0 Å². The summed E-state index contributed by atoms with van der Waals surface area (Å²) in [5, 5.41) is 0. The van der Waals surface area contributed by atoms with Crippen LogP contribution in [0.25, 0.3) is 0 Å². The molecular weight excluding hydrogens is 120 g/mol. The van der Waals surface area contributed by atoms with E-state index in [1.165, 1.54) is 0 Å². The summed E-state index contributed by atoms with van der Waals surface area (Å²) in [4.78, 5) is 0. The Morgan fingerprint density at radius 2 is 2.38 bits per heavy atom. The SMILES string of the molecule is CC(C)C1CNSN1. The average Bonchev–Trinajstić information content (AvgIpc) is 2.12. The molecule has 1 saturated heterocycles. The van der Waals surface area contributed by atoms with Crippen molar-refractivity contribution in [3.8, 4) is 0 Å². The average molecular weight is 132 g/mol. The van der Waals surface area contributed by atoms with Gasteiger partial charge in [-0.25, -0.2) is 9.44 Å². The molecule has 1 rings (SSSR count). The largest absolute Gasteiger partial charge is 0.249 e. The van der Waals surface area contributed by atoms with Gasteiger partial charge < -0.3 is 0 Å². The van der Waals surface area contributed by atoms with E-state index in [4.69, 9.17) is 0 Å². The van der Waals surface area contributed by atoms with E-state index in [1.807, 2.05) is 0 Å². The van der Waals surface area contributed by atoms with Gasteiger partial charge in [-0.15, -0.1) is 0 Å². The molecule has 2 N–H and O–H groups in total. The molecular formula is C5H12N2S. The number of hydrogen-bond acceptors (Lipinski definition) is 3. The number of hydrogen-bond donors (Lipinski definition) is 2. The lowest BCUT2D eigenvalue weighted by Gasteiger charge is -2.10. The van der Waals surface area contributed by atoms with Crippen LogP contribution in [0.1, 0.15) is 13.8 Å². The lowest BCUT2D eigenvalue weighted by Crippen LogP contribution is -2.27. The second-order valence-electron chi connectivity index (χ2n) is 2.42. The van der Waals surface area contributed by atoms with Crippen molar-refractivity contribution in [1.29, 1.82) is 0 Å². The molecule has 0 amide bonds. The first-order valence-corrected chi connectivity index (χ1v) is 3.76. The molecule has 0 aromatic heterocycles. The normalized spacial score (nSPS) is 29.6. The van der Waals surface area contributed by atoms with Gasteiger partial charge in [-0.05, 0) is 5.92 Å². The lowest BCUT2D eigenvalue weighted by atomic mass is 10.1. The Bertz CT molecular complexity index is 68.8. The fraction of sp³-hybridized carbons (Fsp3) is 1.00. The maximum atomic E-state index is 3.26. The Kier molecular flexibility index (Phi) is 2.16. The quantitative estimate of drug-likeness (QED) is 0.515. The van der Waals surface area contributed by atoms with Crippen LogP contribution in [0.5, 0.6) is 0 Å². The standard InChI is InChI=1S/C5H12N2S/c1-4(2)5-3-6-8-7-5/h4-7H,3H2,1-2H3. The fourth-order valence-corrected chi connectivity index (χ4v) is 1.52. The van der Waals surface area contributed by atoms with Crippen LogP contribution in [0.15, 0.2) is 0 Å². The maximum absolute atomic E-state index is 3.26. The van der Waals surface area contributed by atoms with Gasteiger partial charge in [-0.3, -0.25) is 0 Å². The summed E-state index contributed by atoms with van der Waals surface area (Å²) < 4.78 is 6.42. The van der Waals surface area contributed by atoms with E-state index in [0.717, 1.165) is 12.5 Å². The highest BCUT2D eigenvalue weighted by atomic mass is 32.2. The molecule has 1 aliphatic heterocycles. The summed E-state index contributed by atoms with van der Waals surface area (Å²) in [5.41, 5.74) is 0. The van der Waals surface area contributed by atoms with E-state index in [-0.39, 0.29) is 0 Å². The van der Waals surface area contributed by atoms with E-state index >= 15 is 0 Å². The Balaban J connectivity index is 2.24. The predicted molar refractivity (Wildman–Crippen MR) is 37.4 cm³/mol. The Hall–Kier alpha value is 0.270. The molecule has 1 fully saturated rings. The van der Waals surface area contributed by atoms with Crippen molar-refractivity contribution >= 4 is 12.1 Å². The van der Waals surface area contributed by atoms with Gasteiger partial charge in [0.1, 0.15) is 0 Å². The molecule has 48 valence electrons. The molecule has 0 aromatic carbocycles. The van der Waals surface area contributed by atoms with E-state index in [0.29, 0.717) is 6.04 Å². The van der Waals surface area contributed by atoms with Crippen molar-refractivity contribution in [2.75, 3.05) is 6.54 Å². The predicted octanol–water partition coefficient (Wildman–Crippen LogP) is 0.767. The Morgan fingerprint density at radius 1 is 1.62 bits per heavy atom. The monoisotopic (exact) mass is 132 g/mol. The molecule has 1 heterocycles. The van der Waals surface area contributed by atoms with Crippen molar-refractivity contribution in [2.24, 2.45) is 5.92 Å². The van der Waals surface area contributed by atoms with Crippen molar-refractivity contribution in [2.45, 2.75) is 19.9 Å². The fourth-order valence-electron chi connectivity index (χ4n) is 0.662. The summed E-state index contributed by atoms with van der Waals surface area (Å²) in [5.74, 6) is 0.748. The molecule has 1 aliphatic rings. The molecule has 0 aromatic rings. The second kappa shape index (κ2) is 2.71. The molecule has 0 bridgehead atoms. The first-order valence-electron chi connectivity index (χ1n) is 2.95. The van der Waals surface area contributed by atoms with Crippen molar-refractivity contribution in [3.63, 3.8) is 0 Å². The van der Waals surface area contributed by atoms with Crippen LogP contribution < -0.4 is 9.44 Å². The minimum Gasteiger partial charge on any atom is -0.249 e. The zero-order valence-electron chi connectivity index (χ0n) is 5.27. The first-order chi connectivity index (χ1) is 3.80. The summed E-state index contributed by atoms with van der Waals surface area (Å²) in [7, 11) is 0. The topological polar surface area (TPSA) is 24.1 Å². The minimum atomic E-state index is 0.667. The van der Waals surface area contributed by atoms with Crippen LogP contribution in [0.3, 0.4) is 0 Å². The van der Waals surface area contributed by atoms with Crippen molar-refractivity contribution in [1.82, 2.24) is 9.44 Å². The third kappa shape index (κ3) is 1.37. The number of nitrogens with one attached hydrogen (secondary N) is 2. The highest BCUT2D eigenvalue weighted by Gasteiger charge is 2.16. The van der Waals surface area contributed by atoms with Gasteiger partial charge in [-0.2, -0.15) is 0 Å². The van der Waals surface area contributed by atoms with Gasteiger partial charge in [0.25, 0.3) is 0 Å². The maximum Gasteiger partial charge on any atom is 0.0341 e. The molecule has 3 heteroatoms. The third-order valence-electron chi connectivity index (χ3n) is 1.39.